The predicted molar refractivity (Wildman–Crippen MR) is 111 cm³/mol. The van der Waals surface area contributed by atoms with Crippen molar-refractivity contribution in [3.05, 3.63) is 57.6 Å². The van der Waals surface area contributed by atoms with Crippen molar-refractivity contribution in [2.24, 2.45) is 0 Å². The Bertz CT molecular complexity index is 840. The van der Waals surface area contributed by atoms with Crippen LogP contribution in [0.3, 0.4) is 0 Å². The number of nitrogens with zero attached hydrogens (tertiary/aromatic N) is 1. The van der Waals surface area contributed by atoms with Crippen LogP contribution in [0.15, 0.2) is 36.4 Å². The van der Waals surface area contributed by atoms with Crippen LogP contribution in [0.25, 0.3) is 0 Å². The molecule has 1 fully saturated rings. The lowest BCUT2D eigenvalue weighted by Gasteiger charge is -2.22. The fourth-order valence-electron chi connectivity index (χ4n) is 3.06. The van der Waals surface area contributed by atoms with E-state index in [2.05, 4.69) is 10.2 Å². The van der Waals surface area contributed by atoms with E-state index in [9.17, 15) is 4.79 Å². The van der Waals surface area contributed by atoms with Crippen molar-refractivity contribution in [1.29, 1.82) is 0 Å². The number of carbonyl (C=O) groups is 1. The van der Waals surface area contributed by atoms with Crippen molar-refractivity contribution in [2.45, 2.75) is 32.0 Å². The van der Waals surface area contributed by atoms with Crippen molar-refractivity contribution in [1.82, 2.24) is 10.2 Å². The molecule has 1 amide bonds. The largest absolute Gasteiger partial charge is 0.493 e. The third kappa shape index (κ3) is 5.53. The molecule has 2 aromatic rings. The Morgan fingerprint density at radius 2 is 1.75 bits per heavy atom. The summed E-state index contributed by atoms with van der Waals surface area (Å²) in [5, 5.41) is 4.06. The first kappa shape index (κ1) is 20.8. The van der Waals surface area contributed by atoms with Gasteiger partial charge in [0.1, 0.15) is 0 Å². The highest BCUT2D eigenvalue weighted by atomic mass is 35.5. The van der Waals surface area contributed by atoms with Gasteiger partial charge in [0.2, 0.25) is 5.91 Å². The molecule has 1 N–H and O–H groups in total. The fraction of sp³-hybridized carbons (Fsp3) is 0.381. The summed E-state index contributed by atoms with van der Waals surface area (Å²) in [6.45, 7) is 1.45. The summed E-state index contributed by atoms with van der Waals surface area (Å²) in [5.41, 5.74) is 2.00. The van der Waals surface area contributed by atoms with Crippen LogP contribution in [-0.4, -0.2) is 37.6 Å². The number of methoxy groups -OCH3 is 2. The smallest absolute Gasteiger partial charge is 0.234 e. The van der Waals surface area contributed by atoms with Gasteiger partial charge in [-0.15, -0.1) is 0 Å². The maximum atomic E-state index is 12.5. The van der Waals surface area contributed by atoms with Gasteiger partial charge in [-0.2, -0.15) is 0 Å². The molecule has 0 aliphatic heterocycles. The van der Waals surface area contributed by atoms with E-state index >= 15 is 0 Å². The fourth-order valence-corrected chi connectivity index (χ4v) is 3.38. The van der Waals surface area contributed by atoms with E-state index in [1.807, 2.05) is 30.3 Å². The molecule has 0 radical (unpaired) electrons. The molecular weight excluding hydrogens is 399 g/mol. The van der Waals surface area contributed by atoms with E-state index in [-0.39, 0.29) is 5.91 Å². The van der Waals surface area contributed by atoms with E-state index in [0.29, 0.717) is 47.2 Å². The highest BCUT2D eigenvalue weighted by molar-refractivity contribution is 6.42. The Kier molecular flexibility index (Phi) is 7.05. The molecule has 150 valence electrons. The first-order valence-electron chi connectivity index (χ1n) is 9.15. The molecule has 1 aliphatic rings. The number of carbonyl (C=O) groups excluding carboxylic acids is 1. The van der Waals surface area contributed by atoms with Crippen molar-refractivity contribution >= 4 is 29.1 Å². The quantitative estimate of drug-likeness (QED) is 0.654. The van der Waals surface area contributed by atoms with Crippen molar-refractivity contribution in [3.63, 3.8) is 0 Å². The van der Waals surface area contributed by atoms with Gasteiger partial charge < -0.3 is 14.8 Å². The Morgan fingerprint density at radius 3 is 2.39 bits per heavy atom. The molecule has 0 atom stereocenters. The number of hydrogen-bond acceptors (Lipinski definition) is 4. The second-order valence-corrected chi connectivity index (χ2v) is 7.67. The molecular formula is C21H24Cl2N2O3. The van der Waals surface area contributed by atoms with Gasteiger partial charge in [0.05, 0.1) is 30.8 Å². The summed E-state index contributed by atoms with van der Waals surface area (Å²) >= 11 is 12.1. The van der Waals surface area contributed by atoms with E-state index in [1.54, 1.807) is 20.3 Å². The molecule has 5 nitrogen and oxygen atoms in total. The van der Waals surface area contributed by atoms with E-state index in [4.69, 9.17) is 32.7 Å². The molecule has 0 bridgehead atoms. The number of benzene rings is 2. The zero-order valence-electron chi connectivity index (χ0n) is 16.0. The first-order chi connectivity index (χ1) is 13.5. The lowest BCUT2D eigenvalue weighted by molar-refractivity contribution is -0.122. The highest BCUT2D eigenvalue weighted by Crippen LogP contribution is 2.30. The lowest BCUT2D eigenvalue weighted by atomic mass is 10.2. The molecule has 0 unspecified atom stereocenters. The Morgan fingerprint density at radius 1 is 1.04 bits per heavy atom. The third-order valence-electron chi connectivity index (χ3n) is 4.72. The summed E-state index contributed by atoms with van der Waals surface area (Å²) in [6, 6.07) is 11.7. The van der Waals surface area contributed by atoms with Crippen LogP contribution in [0.2, 0.25) is 10.0 Å². The maximum absolute atomic E-state index is 12.5. The average molecular weight is 423 g/mol. The van der Waals surface area contributed by atoms with Crippen molar-refractivity contribution in [2.75, 3.05) is 20.8 Å². The van der Waals surface area contributed by atoms with Gasteiger partial charge in [-0.05, 0) is 48.2 Å². The molecule has 7 heteroatoms. The van der Waals surface area contributed by atoms with E-state index < -0.39 is 0 Å². The molecule has 0 aromatic heterocycles. The van der Waals surface area contributed by atoms with Crippen molar-refractivity contribution < 1.29 is 14.3 Å². The molecule has 28 heavy (non-hydrogen) atoms. The SMILES string of the molecule is COc1ccc(CNC(=O)CN(Cc2ccc(Cl)c(Cl)c2)C2CC2)cc1OC. The third-order valence-corrected chi connectivity index (χ3v) is 5.46. The number of nitrogens with one attached hydrogen (secondary N) is 1. The average Bonchev–Trinajstić information content (AvgIpc) is 3.53. The lowest BCUT2D eigenvalue weighted by Crippen LogP contribution is -2.37. The second-order valence-electron chi connectivity index (χ2n) is 6.85. The molecule has 0 heterocycles. The van der Waals surface area contributed by atoms with Crippen LogP contribution in [0.4, 0.5) is 0 Å². The van der Waals surface area contributed by atoms with E-state index in [0.717, 1.165) is 24.0 Å². The van der Waals surface area contributed by atoms with Crippen LogP contribution in [0.1, 0.15) is 24.0 Å². The minimum atomic E-state index is -0.0123. The molecule has 0 saturated heterocycles. The number of halogens is 2. The number of hydrogen-bond donors (Lipinski definition) is 1. The molecule has 1 saturated carbocycles. The minimum Gasteiger partial charge on any atom is -0.493 e. The Balaban J connectivity index is 1.56. The van der Waals surface area contributed by atoms with Gasteiger partial charge in [-0.3, -0.25) is 9.69 Å². The second kappa shape index (κ2) is 9.50. The predicted octanol–water partition coefficient (Wildman–Crippen LogP) is 4.29. The zero-order valence-corrected chi connectivity index (χ0v) is 17.5. The van der Waals surface area contributed by atoms with Gasteiger partial charge in [0.15, 0.2) is 11.5 Å². The van der Waals surface area contributed by atoms with Gasteiger partial charge >= 0.3 is 0 Å². The van der Waals surface area contributed by atoms with Gasteiger partial charge in [-0.25, -0.2) is 0 Å². The Hall–Kier alpha value is -1.95. The molecule has 2 aromatic carbocycles. The highest BCUT2D eigenvalue weighted by Gasteiger charge is 2.30. The zero-order chi connectivity index (χ0) is 20.1. The van der Waals surface area contributed by atoms with Crippen LogP contribution < -0.4 is 14.8 Å². The number of ether oxygens (including phenoxy) is 2. The van der Waals surface area contributed by atoms with Crippen LogP contribution in [0.5, 0.6) is 11.5 Å². The maximum Gasteiger partial charge on any atom is 0.234 e. The topological polar surface area (TPSA) is 50.8 Å². The molecule has 0 spiro atoms. The number of amides is 1. The first-order valence-corrected chi connectivity index (χ1v) is 9.91. The van der Waals surface area contributed by atoms with Crippen LogP contribution in [-0.2, 0) is 17.9 Å². The van der Waals surface area contributed by atoms with Gasteiger partial charge in [-0.1, -0.05) is 35.3 Å². The summed E-state index contributed by atoms with van der Waals surface area (Å²) in [7, 11) is 3.19. The summed E-state index contributed by atoms with van der Waals surface area (Å²) in [5.74, 6) is 1.30. The summed E-state index contributed by atoms with van der Waals surface area (Å²) < 4.78 is 10.5. The minimum absolute atomic E-state index is 0.0123. The summed E-state index contributed by atoms with van der Waals surface area (Å²) in [6.07, 6.45) is 2.23. The van der Waals surface area contributed by atoms with Crippen molar-refractivity contribution in [3.8, 4) is 11.5 Å². The monoisotopic (exact) mass is 422 g/mol. The van der Waals surface area contributed by atoms with Gasteiger partial charge in [0, 0.05) is 19.1 Å². The van der Waals surface area contributed by atoms with Crippen LogP contribution in [0, 0.1) is 0 Å². The van der Waals surface area contributed by atoms with E-state index in [1.165, 1.54) is 0 Å². The Labute approximate surface area is 175 Å². The standard InChI is InChI=1S/C21H24Cl2N2O3/c1-27-19-8-4-14(10-20(19)28-2)11-24-21(26)13-25(16-5-6-16)12-15-3-7-17(22)18(23)9-15/h3-4,7-10,16H,5-6,11-13H2,1-2H3,(H,24,26). The normalized spacial score (nSPS) is 13.5. The number of rotatable bonds is 9. The molecule has 1 aliphatic carbocycles. The van der Waals surface area contributed by atoms with Gasteiger partial charge in [0.25, 0.3) is 0 Å². The summed E-state index contributed by atoms with van der Waals surface area (Å²) in [4.78, 5) is 14.7. The molecule has 3 rings (SSSR count). The van der Waals surface area contributed by atoms with Crippen LogP contribution >= 0.6 is 23.2 Å².